The molecule has 0 amide bonds. The summed E-state index contributed by atoms with van der Waals surface area (Å²) in [5.74, 6) is -0.853. The highest BCUT2D eigenvalue weighted by Crippen LogP contribution is 2.29. The van der Waals surface area contributed by atoms with Crippen LogP contribution < -0.4 is 0 Å². The van der Waals surface area contributed by atoms with Crippen molar-refractivity contribution in [3.8, 4) is 0 Å². The molecule has 0 aliphatic rings. The van der Waals surface area contributed by atoms with Crippen molar-refractivity contribution in [2.45, 2.75) is 24.5 Å². The summed E-state index contributed by atoms with van der Waals surface area (Å²) in [6.07, 6.45) is 0. The lowest BCUT2D eigenvalue weighted by atomic mass is 10.2. The average Bonchev–Trinajstić information content (AvgIpc) is 2.82. The quantitative estimate of drug-likeness (QED) is 0.674. The number of thiazole rings is 1. The lowest BCUT2D eigenvalue weighted by molar-refractivity contribution is 0.0687. The van der Waals surface area contributed by atoms with E-state index < -0.39 is 5.97 Å². The van der Waals surface area contributed by atoms with Crippen molar-refractivity contribution in [2.75, 3.05) is 0 Å². The zero-order chi connectivity index (χ0) is 14.7. The zero-order valence-electron chi connectivity index (χ0n) is 11.0. The summed E-state index contributed by atoms with van der Waals surface area (Å²) >= 11 is 2.75. The molecule has 0 aliphatic carbocycles. The number of carboxylic acid groups (broad SMARTS) is 1. The molecule has 0 spiro atoms. The van der Waals surface area contributed by atoms with Crippen LogP contribution in [0.1, 0.15) is 37.7 Å². The standard InChI is InChI=1S/C14H13NO3S2/c1-8-5-3-4-6-10(8)19-7-11-15-12(14(17)18)13(20-11)9(2)16/h3-6H,7H2,1-2H3,(H,17,18). The number of Topliss-reactive ketones (excluding diaryl/α,β-unsaturated/α-hetero) is 1. The third-order valence-electron chi connectivity index (χ3n) is 2.64. The Hall–Kier alpha value is -1.66. The molecular weight excluding hydrogens is 294 g/mol. The molecule has 1 N–H and O–H groups in total. The number of carbonyl (C=O) groups is 2. The molecule has 104 valence electrons. The van der Waals surface area contributed by atoms with Gasteiger partial charge < -0.3 is 5.11 Å². The van der Waals surface area contributed by atoms with Gasteiger partial charge in [0.1, 0.15) is 9.88 Å². The molecule has 1 aromatic heterocycles. The van der Waals surface area contributed by atoms with E-state index in [1.165, 1.54) is 12.5 Å². The van der Waals surface area contributed by atoms with Gasteiger partial charge >= 0.3 is 5.97 Å². The van der Waals surface area contributed by atoms with Crippen molar-refractivity contribution < 1.29 is 14.7 Å². The second-order valence-electron chi connectivity index (χ2n) is 4.20. The second-order valence-corrected chi connectivity index (χ2v) is 6.30. The summed E-state index contributed by atoms with van der Waals surface area (Å²) in [6.45, 7) is 3.38. The SMILES string of the molecule is CC(=O)c1sc(CSc2ccccc2C)nc1C(=O)O. The van der Waals surface area contributed by atoms with Crippen LogP contribution in [-0.4, -0.2) is 21.8 Å². The van der Waals surface area contributed by atoms with E-state index in [1.807, 2.05) is 31.2 Å². The molecule has 0 fully saturated rings. The smallest absolute Gasteiger partial charge is 0.356 e. The second kappa shape index (κ2) is 6.19. The van der Waals surface area contributed by atoms with Crippen LogP contribution in [0.4, 0.5) is 0 Å². The Morgan fingerprint density at radius 2 is 2.05 bits per heavy atom. The Morgan fingerprint density at radius 3 is 2.60 bits per heavy atom. The number of aryl methyl sites for hydroxylation is 1. The molecule has 6 heteroatoms. The van der Waals surface area contributed by atoms with Crippen LogP contribution >= 0.6 is 23.1 Å². The fourth-order valence-corrected chi connectivity index (χ4v) is 3.64. The van der Waals surface area contributed by atoms with Crippen molar-refractivity contribution in [3.05, 3.63) is 45.4 Å². The van der Waals surface area contributed by atoms with Gasteiger partial charge in [-0.15, -0.1) is 23.1 Å². The molecule has 0 unspecified atom stereocenters. The molecule has 4 nitrogen and oxygen atoms in total. The Labute approximate surface area is 124 Å². The van der Waals surface area contributed by atoms with Crippen LogP contribution in [0.2, 0.25) is 0 Å². The molecule has 2 rings (SSSR count). The molecule has 0 saturated heterocycles. The summed E-state index contributed by atoms with van der Waals surface area (Å²) in [7, 11) is 0. The number of aromatic carboxylic acids is 1. The monoisotopic (exact) mass is 307 g/mol. The highest BCUT2D eigenvalue weighted by Gasteiger charge is 2.20. The minimum Gasteiger partial charge on any atom is -0.476 e. The van der Waals surface area contributed by atoms with E-state index >= 15 is 0 Å². The highest BCUT2D eigenvalue weighted by molar-refractivity contribution is 7.98. The van der Waals surface area contributed by atoms with Crippen molar-refractivity contribution in [2.24, 2.45) is 0 Å². The fourth-order valence-electron chi connectivity index (χ4n) is 1.67. The summed E-state index contributed by atoms with van der Waals surface area (Å²) in [4.78, 5) is 27.9. The molecule has 0 bridgehead atoms. The van der Waals surface area contributed by atoms with Gasteiger partial charge in [-0.25, -0.2) is 9.78 Å². The summed E-state index contributed by atoms with van der Waals surface area (Å²) in [5, 5.41) is 9.70. The third-order valence-corrected chi connectivity index (χ3v) is 5.16. The molecule has 0 saturated carbocycles. The van der Waals surface area contributed by atoms with Crippen molar-refractivity contribution in [1.82, 2.24) is 4.98 Å². The molecule has 0 radical (unpaired) electrons. The van der Waals surface area contributed by atoms with E-state index in [4.69, 9.17) is 5.11 Å². The normalized spacial score (nSPS) is 10.5. The van der Waals surface area contributed by atoms with Gasteiger partial charge in [-0.2, -0.15) is 0 Å². The van der Waals surface area contributed by atoms with Crippen molar-refractivity contribution in [3.63, 3.8) is 0 Å². The van der Waals surface area contributed by atoms with Gasteiger partial charge in [-0.1, -0.05) is 18.2 Å². The molecule has 1 heterocycles. The number of carbonyl (C=O) groups excluding carboxylic acids is 1. The van der Waals surface area contributed by atoms with E-state index in [-0.39, 0.29) is 16.4 Å². The number of nitrogens with zero attached hydrogens (tertiary/aromatic N) is 1. The molecule has 2 aromatic rings. The van der Waals surface area contributed by atoms with Crippen molar-refractivity contribution in [1.29, 1.82) is 0 Å². The average molecular weight is 307 g/mol. The number of benzene rings is 1. The first-order chi connectivity index (χ1) is 9.49. The van der Waals surface area contributed by atoms with Gasteiger partial charge in [0, 0.05) is 11.8 Å². The first kappa shape index (κ1) is 14.7. The van der Waals surface area contributed by atoms with E-state index in [0.717, 1.165) is 16.2 Å². The maximum atomic E-state index is 11.4. The third kappa shape index (κ3) is 3.26. The first-order valence-corrected chi connectivity index (χ1v) is 7.71. The predicted molar refractivity (Wildman–Crippen MR) is 79.8 cm³/mol. The minimum atomic E-state index is -1.15. The van der Waals surface area contributed by atoms with Gasteiger partial charge in [0.2, 0.25) is 0 Å². The van der Waals surface area contributed by atoms with Crippen LogP contribution in [0.3, 0.4) is 0 Å². The largest absolute Gasteiger partial charge is 0.476 e. The lowest BCUT2D eigenvalue weighted by Gasteiger charge is -2.02. The van der Waals surface area contributed by atoms with Gasteiger partial charge in [-0.3, -0.25) is 4.79 Å². The Morgan fingerprint density at radius 1 is 1.35 bits per heavy atom. The number of hydrogen-bond donors (Lipinski definition) is 1. The van der Waals surface area contributed by atoms with E-state index in [0.29, 0.717) is 10.8 Å². The molecular formula is C14H13NO3S2. The van der Waals surface area contributed by atoms with Gasteiger partial charge in [-0.05, 0) is 18.6 Å². The molecule has 1 aromatic carbocycles. The van der Waals surface area contributed by atoms with Crippen LogP contribution in [0.15, 0.2) is 29.2 Å². The summed E-state index contributed by atoms with van der Waals surface area (Å²) < 4.78 is 0. The number of ketones is 1. The number of thioether (sulfide) groups is 1. The van der Waals surface area contributed by atoms with Crippen molar-refractivity contribution >= 4 is 34.9 Å². The first-order valence-electron chi connectivity index (χ1n) is 5.91. The number of aromatic nitrogens is 1. The fraction of sp³-hybridized carbons (Fsp3) is 0.214. The number of carboxylic acids is 1. The van der Waals surface area contributed by atoms with Gasteiger partial charge in [0.15, 0.2) is 11.5 Å². The van der Waals surface area contributed by atoms with Crippen LogP contribution in [0.25, 0.3) is 0 Å². The Balaban J connectivity index is 2.19. The lowest BCUT2D eigenvalue weighted by Crippen LogP contribution is -2.03. The summed E-state index contributed by atoms with van der Waals surface area (Å²) in [5.41, 5.74) is 1.03. The van der Waals surface area contributed by atoms with Crippen LogP contribution in [-0.2, 0) is 5.75 Å². The predicted octanol–water partition coefficient (Wildman–Crippen LogP) is 3.64. The van der Waals surface area contributed by atoms with Crippen LogP contribution in [0, 0.1) is 6.92 Å². The van der Waals surface area contributed by atoms with E-state index in [9.17, 15) is 9.59 Å². The zero-order valence-corrected chi connectivity index (χ0v) is 12.7. The molecule has 20 heavy (non-hydrogen) atoms. The number of rotatable bonds is 5. The molecule has 0 aliphatic heterocycles. The van der Waals surface area contributed by atoms with Crippen LogP contribution in [0.5, 0.6) is 0 Å². The minimum absolute atomic E-state index is 0.136. The Kier molecular flexibility index (Phi) is 4.57. The van der Waals surface area contributed by atoms with E-state index in [1.54, 1.807) is 11.8 Å². The Bertz CT molecular complexity index is 633. The maximum absolute atomic E-state index is 11.4. The van der Waals surface area contributed by atoms with E-state index in [2.05, 4.69) is 4.98 Å². The molecule has 0 atom stereocenters. The summed E-state index contributed by atoms with van der Waals surface area (Å²) in [6, 6.07) is 7.96. The van der Waals surface area contributed by atoms with Gasteiger partial charge in [0.25, 0.3) is 0 Å². The number of hydrogen-bond acceptors (Lipinski definition) is 5. The maximum Gasteiger partial charge on any atom is 0.356 e. The highest BCUT2D eigenvalue weighted by atomic mass is 32.2. The van der Waals surface area contributed by atoms with Gasteiger partial charge in [0.05, 0.1) is 5.75 Å². The topological polar surface area (TPSA) is 67.3 Å².